The van der Waals surface area contributed by atoms with Gasteiger partial charge in [0.05, 0.1) is 11.4 Å². The third-order valence-corrected chi connectivity index (χ3v) is 5.59. The van der Waals surface area contributed by atoms with Crippen molar-refractivity contribution in [2.24, 2.45) is 0 Å². The summed E-state index contributed by atoms with van der Waals surface area (Å²) >= 11 is 1.20. The second kappa shape index (κ2) is 9.57. The van der Waals surface area contributed by atoms with Gasteiger partial charge in [0, 0.05) is 16.8 Å². The predicted molar refractivity (Wildman–Crippen MR) is 123 cm³/mol. The Morgan fingerprint density at radius 3 is 2.34 bits per heavy atom. The summed E-state index contributed by atoms with van der Waals surface area (Å²) in [5, 5.41) is 11.8. The number of hydrogen-bond acceptors (Lipinski definition) is 5. The number of hydrogen-bond donors (Lipinski definition) is 1. The molecular weight excluding hydrogens is 427 g/mol. The molecule has 4 aromatic rings. The van der Waals surface area contributed by atoms with Crippen molar-refractivity contribution in [1.29, 1.82) is 0 Å². The van der Waals surface area contributed by atoms with Crippen molar-refractivity contribution < 1.29 is 14.0 Å². The van der Waals surface area contributed by atoms with Gasteiger partial charge in [-0.15, -0.1) is 10.2 Å². The number of anilines is 1. The number of Topliss-reactive ketones (excluding diaryl/α,β-unsaturated/α-hetero) is 1. The fourth-order valence-electron chi connectivity index (χ4n) is 3.18. The summed E-state index contributed by atoms with van der Waals surface area (Å²) in [6, 6.07) is 22.4. The first-order valence-corrected chi connectivity index (χ1v) is 10.8. The van der Waals surface area contributed by atoms with Gasteiger partial charge in [-0.1, -0.05) is 54.2 Å². The first-order valence-electron chi connectivity index (χ1n) is 9.82. The summed E-state index contributed by atoms with van der Waals surface area (Å²) in [5.41, 5.74) is 2.44. The molecule has 0 aliphatic rings. The summed E-state index contributed by atoms with van der Waals surface area (Å²) in [6.07, 6.45) is 0. The topological polar surface area (TPSA) is 76.9 Å². The number of ketones is 1. The Morgan fingerprint density at radius 1 is 0.938 bits per heavy atom. The smallest absolute Gasteiger partial charge is 0.234 e. The lowest BCUT2D eigenvalue weighted by atomic mass is 10.1. The molecule has 1 heterocycles. The first-order chi connectivity index (χ1) is 15.5. The number of aromatic nitrogens is 3. The third kappa shape index (κ3) is 4.76. The third-order valence-electron chi connectivity index (χ3n) is 4.66. The van der Waals surface area contributed by atoms with Crippen molar-refractivity contribution in [3.63, 3.8) is 0 Å². The molecule has 0 atom stereocenters. The molecule has 0 radical (unpaired) electrons. The van der Waals surface area contributed by atoms with Gasteiger partial charge in [-0.05, 0) is 43.3 Å². The minimum absolute atomic E-state index is 0.0559. The van der Waals surface area contributed by atoms with Crippen LogP contribution in [0.2, 0.25) is 0 Å². The highest BCUT2D eigenvalue weighted by Crippen LogP contribution is 2.28. The van der Waals surface area contributed by atoms with Gasteiger partial charge in [-0.2, -0.15) is 0 Å². The number of thioether (sulfide) groups is 1. The highest BCUT2D eigenvalue weighted by molar-refractivity contribution is 7.99. The summed E-state index contributed by atoms with van der Waals surface area (Å²) in [6.45, 7) is 1.45. The summed E-state index contributed by atoms with van der Waals surface area (Å²) in [4.78, 5) is 24.4. The molecule has 1 aromatic heterocycles. The standard InChI is InChI=1S/C24H19FN4O2S/c1-16(30)20-9-5-6-10-21(20)26-22(31)15-32-24-28-27-23(17-7-3-2-4-8-17)29(24)19-13-11-18(25)12-14-19/h2-14H,15H2,1H3,(H,26,31). The van der Waals surface area contributed by atoms with Gasteiger partial charge >= 0.3 is 0 Å². The molecule has 0 saturated carbocycles. The Hall–Kier alpha value is -3.78. The zero-order valence-corrected chi connectivity index (χ0v) is 18.0. The summed E-state index contributed by atoms with van der Waals surface area (Å²) in [5.74, 6) is -0.112. The van der Waals surface area contributed by atoms with Crippen LogP contribution in [0.1, 0.15) is 17.3 Å². The van der Waals surface area contributed by atoms with E-state index in [1.165, 1.54) is 30.8 Å². The lowest BCUT2D eigenvalue weighted by Gasteiger charge is -2.11. The number of carbonyl (C=O) groups is 2. The van der Waals surface area contributed by atoms with Crippen LogP contribution in [-0.2, 0) is 4.79 Å². The number of carbonyl (C=O) groups excluding carboxylic acids is 2. The Morgan fingerprint density at radius 2 is 1.62 bits per heavy atom. The van der Waals surface area contributed by atoms with E-state index >= 15 is 0 Å². The van der Waals surface area contributed by atoms with Gasteiger partial charge in [0.1, 0.15) is 5.82 Å². The molecule has 32 heavy (non-hydrogen) atoms. The number of benzene rings is 3. The fourth-order valence-corrected chi connectivity index (χ4v) is 3.93. The monoisotopic (exact) mass is 446 g/mol. The SMILES string of the molecule is CC(=O)c1ccccc1NC(=O)CSc1nnc(-c2ccccc2)n1-c1ccc(F)cc1. The number of rotatable bonds is 7. The molecule has 4 rings (SSSR count). The van der Waals surface area contributed by atoms with Crippen molar-refractivity contribution in [3.05, 3.63) is 90.2 Å². The van der Waals surface area contributed by atoms with Crippen molar-refractivity contribution in [1.82, 2.24) is 14.8 Å². The van der Waals surface area contributed by atoms with Crippen molar-refractivity contribution >= 4 is 29.1 Å². The highest BCUT2D eigenvalue weighted by Gasteiger charge is 2.18. The molecule has 1 N–H and O–H groups in total. The molecule has 160 valence electrons. The maximum atomic E-state index is 13.5. The summed E-state index contributed by atoms with van der Waals surface area (Å²) in [7, 11) is 0. The molecule has 0 aliphatic heterocycles. The summed E-state index contributed by atoms with van der Waals surface area (Å²) < 4.78 is 15.3. The minimum atomic E-state index is -0.346. The fraction of sp³-hybridized carbons (Fsp3) is 0.0833. The van der Waals surface area contributed by atoms with Crippen molar-refractivity contribution in [2.75, 3.05) is 11.1 Å². The van der Waals surface area contributed by atoms with E-state index in [2.05, 4.69) is 15.5 Å². The van der Waals surface area contributed by atoms with Gasteiger partial charge < -0.3 is 5.32 Å². The number of nitrogens with zero attached hydrogens (tertiary/aromatic N) is 3. The Balaban J connectivity index is 1.59. The molecule has 0 fully saturated rings. The average Bonchev–Trinajstić information content (AvgIpc) is 3.23. The molecule has 1 amide bonds. The second-order valence-corrected chi connectivity index (χ2v) is 7.87. The van der Waals surface area contributed by atoms with E-state index in [1.54, 1.807) is 41.0 Å². The number of para-hydroxylation sites is 1. The van der Waals surface area contributed by atoms with Crippen LogP contribution in [0.4, 0.5) is 10.1 Å². The largest absolute Gasteiger partial charge is 0.325 e. The Labute approximate surface area is 188 Å². The normalized spacial score (nSPS) is 10.7. The van der Waals surface area contributed by atoms with E-state index in [0.29, 0.717) is 27.9 Å². The number of amides is 1. The molecule has 0 saturated heterocycles. The van der Waals surface area contributed by atoms with E-state index in [4.69, 9.17) is 0 Å². The van der Waals surface area contributed by atoms with E-state index < -0.39 is 0 Å². The lowest BCUT2D eigenvalue weighted by Crippen LogP contribution is -2.16. The van der Waals surface area contributed by atoms with E-state index in [1.807, 2.05) is 30.3 Å². The maximum absolute atomic E-state index is 13.5. The van der Waals surface area contributed by atoms with E-state index in [0.717, 1.165) is 5.56 Å². The number of nitrogens with one attached hydrogen (secondary N) is 1. The molecule has 0 unspecified atom stereocenters. The van der Waals surface area contributed by atoms with E-state index in [-0.39, 0.29) is 23.3 Å². The van der Waals surface area contributed by atoms with Gasteiger partial charge in [0.15, 0.2) is 16.8 Å². The second-order valence-electron chi connectivity index (χ2n) is 6.92. The molecular formula is C24H19FN4O2S. The van der Waals surface area contributed by atoms with Crippen LogP contribution in [0.15, 0.2) is 84.0 Å². The van der Waals surface area contributed by atoms with Gasteiger partial charge in [-0.3, -0.25) is 14.2 Å². The highest BCUT2D eigenvalue weighted by atomic mass is 32.2. The molecule has 0 aliphatic carbocycles. The molecule has 0 spiro atoms. The average molecular weight is 447 g/mol. The van der Waals surface area contributed by atoms with Crippen molar-refractivity contribution in [3.8, 4) is 17.1 Å². The lowest BCUT2D eigenvalue weighted by molar-refractivity contribution is -0.113. The van der Waals surface area contributed by atoms with Crippen LogP contribution in [-0.4, -0.2) is 32.2 Å². The van der Waals surface area contributed by atoms with Crippen LogP contribution in [0.25, 0.3) is 17.1 Å². The quantitative estimate of drug-likeness (QED) is 0.319. The van der Waals surface area contributed by atoms with E-state index in [9.17, 15) is 14.0 Å². The van der Waals surface area contributed by atoms with Crippen molar-refractivity contribution in [2.45, 2.75) is 12.1 Å². The predicted octanol–water partition coefficient (Wildman–Crippen LogP) is 5.01. The molecule has 8 heteroatoms. The first kappa shape index (κ1) is 21.5. The van der Waals surface area contributed by atoms with Crippen LogP contribution >= 0.6 is 11.8 Å². The Bertz CT molecular complexity index is 1260. The molecule has 0 bridgehead atoms. The van der Waals surface area contributed by atoms with Gasteiger partial charge in [-0.25, -0.2) is 4.39 Å². The van der Waals surface area contributed by atoms with Gasteiger partial charge in [0.2, 0.25) is 5.91 Å². The van der Waals surface area contributed by atoms with Crippen LogP contribution in [0, 0.1) is 5.82 Å². The van der Waals surface area contributed by atoms with Gasteiger partial charge in [0.25, 0.3) is 0 Å². The van der Waals surface area contributed by atoms with Crippen LogP contribution < -0.4 is 5.32 Å². The van der Waals surface area contributed by atoms with Crippen LogP contribution in [0.3, 0.4) is 0 Å². The molecule has 3 aromatic carbocycles. The zero-order valence-electron chi connectivity index (χ0n) is 17.2. The molecule has 6 nitrogen and oxygen atoms in total. The number of halogens is 1. The maximum Gasteiger partial charge on any atom is 0.234 e. The Kier molecular flexibility index (Phi) is 6.42. The minimum Gasteiger partial charge on any atom is -0.325 e. The zero-order chi connectivity index (χ0) is 22.5. The van der Waals surface area contributed by atoms with Crippen LogP contribution in [0.5, 0.6) is 0 Å².